The minimum Gasteiger partial charge on any atom is -0.508 e. The second-order valence-corrected chi connectivity index (χ2v) is 4.86. The van der Waals surface area contributed by atoms with E-state index in [1.165, 1.54) is 25.3 Å². The van der Waals surface area contributed by atoms with Gasteiger partial charge in [0, 0.05) is 17.0 Å². The lowest BCUT2D eigenvalue weighted by Crippen LogP contribution is -2.17. The molecule has 0 atom stereocenters. The lowest BCUT2D eigenvalue weighted by atomic mass is 10.2. The molecule has 2 aromatic carbocycles. The van der Waals surface area contributed by atoms with Crippen molar-refractivity contribution in [3.8, 4) is 11.5 Å². The molecule has 0 radical (unpaired) electrons. The number of phenols is 1. The van der Waals surface area contributed by atoms with Gasteiger partial charge in [0.25, 0.3) is 5.91 Å². The molecule has 6 nitrogen and oxygen atoms in total. The Morgan fingerprint density at radius 3 is 2.78 bits per heavy atom. The molecule has 23 heavy (non-hydrogen) atoms. The van der Waals surface area contributed by atoms with Crippen molar-refractivity contribution in [2.75, 3.05) is 12.4 Å². The summed E-state index contributed by atoms with van der Waals surface area (Å²) in [6.45, 7) is 0. The molecule has 116 valence electrons. The van der Waals surface area contributed by atoms with Gasteiger partial charge in [0.15, 0.2) is 0 Å². The summed E-state index contributed by atoms with van der Waals surface area (Å²) >= 11 is 0. The summed E-state index contributed by atoms with van der Waals surface area (Å²) < 4.78 is 10.2. The van der Waals surface area contributed by atoms with E-state index < -0.39 is 11.5 Å². The number of amides is 1. The summed E-state index contributed by atoms with van der Waals surface area (Å²) in [6.07, 6.45) is 0. The van der Waals surface area contributed by atoms with E-state index in [0.29, 0.717) is 16.7 Å². The Labute approximate surface area is 130 Å². The van der Waals surface area contributed by atoms with Crippen molar-refractivity contribution in [3.05, 3.63) is 64.5 Å². The molecule has 3 rings (SSSR count). The van der Waals surface area contributed by atoms with E-state index in [9.17, 15) is 14.7 Å². The zero-order chi connectivity index (χ0) is 16.4. The van der Waals surface area contributed by atoms with E-state index in [4.69, 9.17) is 9.15 Å². The van der Waals surface area contributed by atoms with Gasteiger partial charge >= 0.3 is 5.63 Å². The highest BCUT2D eigenvalue weighted by molar-refractivity contribution is 6.05. The molecular weight excluding hydrogens is 298 g/mol. The van der Waals surface area contributed by atoms with Gasteiger partial charge in [-0.15, -0.1) is 0 Å². The fourth-order valence-electron chi connectivity index (χ4n) is 2.15. The predicted octanol–water partition coefficient (Wildman–Crippen LogP) is 2.76. The van der Waals surface area contributed by atoms with Crippen LogP contribution in [0.2, 0.25) is 0 Å². The van der Waals surface area contributed by atoms with Crippen molar-refractivity contribution >= 4 is 22.6 Å². The molecule has 0 saturated heterocycles. The highest BCUT2D eigenvalue weighted by Crippen LogP contribution is 2.21. The molecule has 3 aromatic rings. The Morgan fingerprint density at radius 2 is 2.00 bits per heavy atom. The highest BCUT2D eigenvalue weighted by atomic mass is 16.5. The van der Waals surface area contributed by atoms with Gasteiger partial charge in [0.2, 0.25) is 0 Å². The molecule has 0 aliphatic carbocycles. The molecule has 1 aromatic heterocycles. The van der Waals surface area contributed by atoms with Crippen molar-refractivity contribution in [1.82, 2.24) is 0 Å². The third-order valence-corrected chi connectivity index (χ3v) is 3.30. The van der Waals surface area contributed by atoms with E-state index in [-0.39, 0.29) is 17.0 Å². The van der Waals surface area contributed by atoms with Crippen LogP contribution in [0.3, 0.4) is 0 Å². The summed E-state index contributed by atoms with van der Waals surface area (Å²) in [7, 11) is 1.50. The molecule has 0 aliphatic heterocycles. The highest BCUT2D eigenvalue weighted by Gasteiger charge is 2.12. The number of phenolic OH excluding ortho intramolecular Hbond substituents is 1. The smallest absolute Gasteiger partial charge is 0.360 e. The number of carbonyl (C=O) groups is 1. The molecule has 2 N–H and O–H groups in total. The van der Waals surface area contributed by atoms with Gasteiger partial charge < -0.3 is 19.6 Å². The van der Waals surface area contributed by atoms with E-state index in [1.54, 1.807) is 30.3 Å². The summed E-state index contributed by atoms with van der Waals surface area (Å²) in [5.41, 5.74) is -0.0701. The van der Waals surface area contributed by atoms with Crippen LogP contribution in [0, 0.1) is 0 Å². The number of fused-ring (bicyclic) bond motifs is 1. The Kier molecular flexibility index (Phi) is 3.72. The van der Waals surface area contributed by atoms with E-state index in [0.717, 1.165) is 0 Å². The first kappa shape index (κ1) is 14.6. The Bertz CT molecular complexity index is 945. The maximum Gasteiger partial charge on any atom is 0.360 e. The number of methoxy groups -OCH3 is 1. The van der Waals surface area contributed by atoms with Crippen LogP contribution >= 0.6 is 0 Å². The Hall–Kier alpha value is -3.28. The van der Waals surface area contributed by atoms with Gasteiger partial charge in [0.1, 0.15) is 22.8 Å². The first-order chi connectivity index (χ1) is 11.1. The number of anilines is 1. The molecule has 1 amide bonds. The molecule has 6 heteroatoms. The minimum absolute atomic E-state index is 0.00573. The van der Waals surface area contributed by atoms with E-state index >= 15 is 0 Å². The molecule has 0 fully saturated rings. The first-order valence-electron chi connectivity index (χ1n) is 6.79. The van der Waals surface area contributed by atoms with Crippen molar-refractivity contribution < 1.29 is 19.1 Å². The summed E-state index contributed by atoms with van der Waals surface area (Å²) in [4.78, 5) is 24.2. The number of hydrogen-bond donors (Lipinski definition) is 2. The molecule has 0 unspecified atom stereocenters. The van der Waals surface area contributed by atoms with Gasteiger partial charge in [0.05, 0.1) is 7.11 Å². The quantitative estimate of drug-likeness (QED) is 0.726. The largest absolute Gasteiger partial charge is 0.508 e. The minimum atomic E-state index is -0.695. The van der Waals surface area contributed by atoms with Crippen LogP contribution in [-0.2, 0) is 0 Å². The fraction of sp³-hybridized carbons (Fsp3) is 0.0588. The topological polar surface area (TPSA) is 88.8 Å². The maximum atomic E-state index is 12.2. The average molecular weight is 311 g/mol. The molecule has 0 saturated carbocycles. The van der Waals surface area contributed by atoms with Crippen LogP contribution in [0.1, 0.15) is 10.4 Å². The van der Waals surface area contributed by atoms with Crippen molar-refractivity contribution in [2.45, 2.75) is 0 Å². The zero-order valence-corrected chi connectivity index (χ0v) is 12.2. The van der Waals surface area contributed by atoms with Crippen LogP contribution in [0.25, 0.3) is 11.0 Å². The van der Waals surface area contributed by atoms with E-state index in [1.807, 2.05) is 0 Å². The second kappa shape index (κ2) is 5.84. The number of carbonyl (C=O) groups excluding carboxylic acids is 1. The molecule has 0 bridgehead atoms. The van der Waals surface area contributed by atoms with Gasteiger partial charge in [-0.1, -0.05) is 6.07 Å². The average Bonchev–Trinajstić information content (AvgIpc) is 2.55. The van der Waals surface area contributed by atoms with Crippen LogP contribution in [0.15, 0.2) is 57.7 Å². The van der Waals surface area contributed by atoms with Gasteiger partial charge in [-0.05, 0) is 36.4 Å². The number of benzene rings is 2. The number of nitrogens with one attached hydrogen (secondary N) is 1. The SMILES string of the molecule is COc1cccc(C(=O)Nc2cc3ccc(O)cc3oc2=O)c1. The molecule has 0 spiro atoms. The number of rotatable bonds is 3. The van der Waals surface area contributed by atoms with Crippen LogP contribution < -0.4 is 15.7 Å². The molecule has 0 aliphatic rings. The Morgan fingerprint density at radius 1 is 1.17 bits per heavy atom. The van der Waals surface area contributed by atoms with Crippen LogP contribution in [0.5, 0.6) is 11.5 Å². The van der Waals surface area contributed by atoms with Crippen molar-refractivity contribution in [1.29, 1.82) is 0 Å². The lowest BCUT2D eigenvalue weighted by Gasteiger charge is -2.06. The van der Waals surface area contributed by atoms with Crippen molar-refractivity contribution in [3.63, 3.8) is 0 Å². The standard InChI is InChI=1S/C17H13NO5/c1-22-13-4-2-3-11(7-13)16(20)18-14-8-10-5-6-12(19)9-15(10)23-17(14)21/h2-9,19H,1H3,(H,18,20). The first-order valence-corrected chi connectivity index (χ1v) is 6.79. The Balaban J connectivity index is 1.94. The van der Waals surface area contributed by atoms with E-state index in [2.05, 4.69) is 5.32 Å². The number of hydrogen-bond acceptors (Lipinski definition) is 5. The molecule has 1 heterocycles. The van der Waals surface area contributed by atoms with Gasteiger partial charge in [-0.3, -0.25) is 4.79 Å². The molecular formula is C17H13NO5. The van der Waals surface area contributed by atoms with Gasteiger partial charge in [-0.2, -0.15) is 0 Å². The third-order valence-electron chi connectivity index (χ3n) is 3.30. The summed E-state index contributed by atoms with van der Waals surface area (Å²) in [5, 5.41) is 12.5. The zero-order valence-electron chi connectivity index (χ0n) is 12.2. The van der Waals surface area contributed by atoms with Crippen LogP contribution in [-0.4, -0.2) is 18.1 Å². The third kappa shape index (κ3) is 3.01. The predicted molar refractivity (Wildman–Crippen MR) is 85.1 cm³/mol. The van der Waals surface area contributed by atoms with Crippen LogP contribution in [0.4, 0.5) is 5.69 Å². The monoisotopic (exact) mass is 311 g/mol. The summed E-state index contributed by atoms with van der Waals surface area (Å²) in [5.74, 6) is 0.0850. The lowest BCUT2D eigenvalue weighted by molar-refractivity contribution is 0.102. The maximum absolute atomic E-state index is 12.2. The number of aromatic hydroxyl groups is 1. The van der Waals surface area contributed by atoms with Crippen molar-refractivity contribution in [2.24, 2.45) is 0 Å². The second-order valence-electron chi connectivity index (χ2n) is 4.86. The summed E-state index contributed by atoms with van der Waals surface area (Å²) in [6, 6.07) is 12.5. The normalized spacial score (nSPS) is 10.5. The fourth-order valence-corrected chi connectivity index (χ4v) is 2.15. The number of ether oxygens (including phenoxy) is 1. The van der Waals surface area contributed by atoms with Gasteiger partial charge in [-0.25, -0.2) is 4.79 Å².